The van der Waals surface area contributed by atoms with Crippen molar-refractivity contribution in [2.75, 3.05) is 36.1 Å². The zero-order chi connectivity index (χ0) is 47.1. The number of imidazole rings is 1. The fourth-order valence-corrected chi connectivity index (χ4v) is 7.12. The monoisotopic (exact) mass is 920 g/mol. The van der Waals surface area contributed by atoms with Gasteiger partial charge in [0.15, 0.2) is 23.5 Å². The number of carboxylic acid groups (broad SMARTS) is 1. The second-order valence-electron chi connectivity index (χ2n) is 14.6. The molecule has 0 aliphatic carbocycles. The molecule has 1 aliphatic rings. The molecule has 65 heavy (non-hydrogen) atoms. The van der Waals surface area contributed by atoms with Crippen molar-refractivity contribution in [3.05, 3.63) is 72.3 Å². The zero-order valence-electron chi connectivity index (χ0n) is 34.8. The number of benzene rings is 2. The number of fused-ring (bicyclic) bond motifs is 1. The molecule has 1 saturated heterocycles. The van der Waals surface area contributed by atoms with Crippen molar-refractivity contribution in [1.29, 1.82) is 0 Å². The maximum atomic E-state index is 13.0. The number of nitrogen functional groups attached to an aromatic ring is 1. The molecule has 5 rings (SSSR count). The first-order valence-electron chi connectivity index (χ1n) is 20.2. The Labute approximate surface area is 372 Å². The molecule has 5 atom stereocenters. The molecule has 0 radical (unpaired) electrons. The SMILES string of the molecule is C#CCCCC(=O)Nc1ccc(C(=O)c2ccc(NC(=O)CCC(=O)NCCCCO[C@@H]3[C@H](O)[C@@H](COS(=O)(=O)NC(=O)[C@@H](N)CC(=O)O)O[C@H]3n3cnc4c(N)ncnc43)cc2)cc1. The molecule has 2 aromatic heterocycles. The van der Waals surface area contributed by atoms with E-state index < -0.39 is 71.7 Å². The van der Waals surface area contributed by atoms with E-state index in [0.29, 0.717) is 54.6 Å². The van der Waals surface area contributed by atoms with E-state index in [1.807, 2.05) is 0 Å². The second kappa shape index (κ2) is 23.2. The van der Waals surface area contributed by atoms with Gasteiger partial charge in [0.05, 0.1) is 25.4 Å². The fraction of sp³-hybridized carbons (Fsp3) is 0.390. The van der Waals surface area contributed by atoms with E-state index in [1.54, 1.807) is 48.5 Å². The third-order valence-corrected chi connectivity index (χ3v) is 10.6. The van der Waals surface area contributed by atoms with Crippen LogP contribution in [0.1, 0.15) is 73.5 Å². The number of nitrogens with zero attached hydrogens (tertiary/aromatic N) is 4. The maximum absolute atomic E-state index is 13.0. The lowest BCUT2D eigenvalue weighted by atomic mass is 10.0. The van der Waals surface area contributed by atoms with Gasteiger partial charge in [-0.3, -0.25) is 37.5 Å². The van der Waals surface area contributed by atoms with Gasteiger partial charge in [-0.25, -0.2) is 19.7 Å². The lowest BCUT2D eigenvalue weighted by Gasteiger charge is -2.22. The molecule has 1 fully saturated rings. The molecule has 24 heteroatoms. The van der Waals surface area contributed by atoms with Gasteiger partial charge in [-0.1, -0.05) is 0 Å². The van der Waals surface area contributed by atoms with Crippen molar-refractivity contribution in [2.45, 2.75) is 81.9 Å². The molecule has 4 aromatic rings. The van der Waals surface area contributed by atoms with Crippen LogP contribution in [0.25, 0.3) is 11.2 Å². The molecule has 0 unspecified atom stereocenters. The number of hydrogen-bond acceptors (Lipinski definition) is 17. The topological polar surface area (TPSA) is 348 Å². The number of hydrogen-bond donors (Lipinski definition) is 8. The molecule has 2 aromatic carbocycles. The highest BCUT2D eigenvalue weighted by Gasteiger charge is 2.47. The zero-order valence-corrected chi connectivity index (χ0v) is 35.6. The highest BCUT2D eigenvalue weighted by Crippen LogP contribution is 2.34. The molecule has 346 valence electrons. The Hall–Kier alpha value is -6.88. The van der Waals surface area contributed by atoms with Crippen LogP contribution in [-0.2, 0) is 47.9 Å². The van der Waals surface area contributed by atoms with Gasteiger partial charge in [0.2, 0.25) is 17.7 Å². The number of aliphatic hydroxyl groups excluding tert-OH is 1. The largest absolute Gasteiger partial charge is 0.481 e. The van der Waals surface area contributed by atoms with Crippen molar-refractivity contribution >= 4 is 74.0 Å². The summed E-state index contributed by atoms with van der Waals surface area (Å²) in [5.74, 6) is -1.41. The van der Waals surface area contributed by atoms with Crippen LogP contribution < -0.4 is 32.1 Å². The molecule has 1 aliphatic heterocycles. The molecular formula is C41H48N10O13S. The molecule has 4 amide bonds. The third-order valence-electron chi connectivity index (χ3n) is 9.69. The lowest BCUT2D eigenvalue weighted by molar-refractivity contribution is -0.139. The number of aromatic nitrogens is 4. The quantitative estimate of drug-likeness (QED) is 0.0270. The average molecular weight is 921 g/mol. The van der Waals surface area contributed by atoms with Gasteiger partial charge in [-0.2, -0.15) is 8.42 Å². The van der Waals surface area contributed by atoms with E-state index in [9.17, 15) is 42.3 Å². The summed E-state index contributed by atoms with van der Waals surface area (Å²) < 4.78 is 44.6. The van der Waals surface area contributed by atoms with Gasteiger partial charge in [0, 0.05) is 61.3 Å². The van der Waals surface area contributed by atoms with Gasteiger partial charge >= 0.3 is 16.3 Å². The number of ether oxygens (including phenoxy) is 2. The number of nitrogens with one attached hydrogen (secondary N) is 4. The average Bonchev–Trinajstić information content (AvgIpc) is 3.84. The number of carbonyl (C=O) groups is 6. The smallest absolute Gasteiger partial charge is 0.362 e. The molecular weight excluding hydrogens is 873 g/mol. The summed E-state index contributed by atoms with van der Waals surface area (Å²) in [5.41, 5.74) is 13.6. The highest BCUT2D eigenvalue weighted by molar-refractivity contribution is 7.85. The number of carboxylic acids is 1. The van der Waals surface area contributed by atoms with Crippen molar-refractivity contribution < 1.29 is 61.1 Å². The van der Waals surface area contributed by atoms with Crippen LogP contribution in [0.5, 0.6) is 0 Å². The van der Waals surface area contributed by atoms with Gasteiger partial charge < -0.3 is 47.1 Å². The Morgan fingerprint density at radius 3 is 2.15 bits per heavy atom. The van der Waals surface area contributed by atoms with Crippen molar-refractivity contribution in [3.8, 4) is 12.3 Å². The summed E-state index contributed by atoms with van der Waals surface area (Å²) in [7, 11) is -4.82. The van der Waals surface area contributed by atoms with E-state index in [-0.39, 0.29) is 60.6 Å². The summed E-state index contributed by atoms with van der Waals surface area (Å²) in [4.78, 5) is 85.3. The molecule has 0 saturated carbocycles. The number of nitrogens with two attached hydrogens (primary N) is 2. The minimum absolute atomic E-state index is 0.0397. The predicted molar refractivity (Wildman–Crippen MR) is 230 cm³/mol. The van der Waals surface area contributed by atoms with Gasteiger partial charge in [-0.15, -0.1) is 12.3 Å². The highest BCUT2D eigenvalue weighted by atomic mass is 32.2. The first-order chi connectivity index (χ1) is 31.0. The lowest BCUT2D eigenvalue weighted by Crippen LogP contribution is -2.45. The number of rotatable bonds is 24. The van der Waals surface area contributed by atoms with E-state index in [2.05, 4.69) is 36.8 Å². The summed E-state index contributed by atoms with van der Waals surface area (Å²) in [6.07, 6.45) is 3.75. The number of amides is 4. The Bertz CT molecular complexity index is 2500. The molecule has 3 heterocycles. The number of ketones is 1. The van der Waals surface area contributed by atoms with Crippen LogP contribution >= 0.6 is 0 Å². The molecule has 0 spiro atoms. The minimum atomic E-state index is -4.82. The van der Waals surface area contributed by atoms with Crippen LogP contribution in [-0.4, -0.2) is 118 Å². The molecule has 0 bridgehead atoms. The molecule has 23 nitrogen and oxygen atoms in total. The van der Waals surface area contributed by atoms with Crippen LogP contribution in [0, 0.1) is 12.3 Å². The van der Waals surface area contributed by atoms with Crippen molar-refractivity contribution in [3.63, 3.8) is 0 Å². The van der Waals surface area contributed by atoms with E-state index >= 15 is 0 Å². The van der Waals surface area contributed by atoms with Gasteiger partial charge in [0.1, 0.15) is 30.2 Å². The first kappa shape index (κ1) is 49.1. The Morgan fingerprint density at radius 1 is 0.892 bits per heavy atom. The Kier molecular flexibility index (Phi) is 17.5. The van der Waals surface area contributed by atoms with Crippen molar-refractivity contribution in [2.24, 2.45) is 5.73 Å². The van der Waals surface area contributed by atoms with Gasteiger partial charge in [-0.05, 0) is 67.8 Å². The predicted octanol–water partition coefficient (Wildman–Crippen LogP) is 0.520. The van der Waals surface area contributed by atoms with Crippen LogP contribution in [0.2, 0.25) is 0 Å². The third kappa shape index (κ3) is 14.3. The number of carbonyl (C=O) groups excluding carboxylic acids is 5. The normalized spacial score (nSPS) is 17.4. The van der Waals surface area contributed by atoms with Crippen LogP contribution in [0.3, 0.4) is 0 Å². The number of aliphatic hydroxyl groups is 1. The standard InChI is InChI=1S/C41H48N10O13S/c1-2-3-4-7-31(53)48-26-12-8-24(9-13-26)35(57)25-10-14-27(15-11-25)49-32(54)17-16-30(52)44-18-5-6-19-62-37-36(58)29(21-63-65(60,61)50-40(59)28(42)20-33(55)56)64-41(37)51-23-47-34-38(43)45-22-46-39(34)51/h1,8-15,22-23,28-29,36-37,41,58H,3-7,16-21,42H2,(H,44,52)(H,48,53)(H,49,54)(H,50,59)(H,55,56)(H2,43,45,46)/t28-,29+,36+,37+,41+/m0/s1. The summed E-state index contributed by atoms with van der Waals surface area (Å²) >= 11 is 0. The number of unbranched alkanes of at least 4 members (excludes halogenated alkanes) is 2. The van der Waals surface area contributed by atoms with Gasteiger partial charge in [0.25, 0.3) is 5.91 Å². The number of aliphatic carboxylic acids is 1. The number of terminal acetylenes is 1. The van der Waals surface area contributed by atoms with Crippen LogP contribution in [0.15, 0.2) is 61.2 Å². The van der Waals surface area contributed by atoms with E-state index in [0.717, 1.165) is 0 Å². The second-order valence-corrected chi connectivity index (χ2v) is 15.9. The summed E-state index contributed by atoms with van der Waals surface area (Å²) in [6.45, 7) is -0.529. The molecule has 10 N–H and O–H groups in total. The van der Waals surface area contributed by atoms with E-state index in [1.165, 1.54) is 21.9 Å². The van der Waals surface area contributed by atoms with Crippen LogP contribution in [0.4, 0.5) is 17.2 Å². The van der Waals surface area contributed by atoms with Crippen molar-refractivity contribution in [1.82, 2.24) is 29.6 Å². The number of anilines is 3. The minimum Gasteiger partial charge on any atom is -0.481 e. The summed E-state index contributed by atoms with van der Waals surface area (Å²) in [5, 5.41) is 28.2. The fourth-order valence-electron chi connectivity index (χ4n) is 6.35. The first-order valence-corrected chi connectivity index (χ1v) is 21.6. The summed E-state index contributed by atoms with van der Waals surface area (Å²) in [6, 6.07) is 11.1. The van der Waals surface area contributed by atoms with E-state index in [4.69, 9.17) is 36.7 Å². The Balaban J connectivity index is 1.04. The Morgan fingerprint density at radius 2 is 1.52 bits per heavy atom. The maximum Gasteiger partial charge on any atom is 0.362 e.